The number of hydrogen-bond acceptors (Lipinski definition) is 3. The predicted octanol–water partition coefficient (Wildman–Crippen LogP) is 4.99. The van der Waals surface area contributed by atoms with Gasteiger partial charge in [0.1, 0.15) is 11.5 Å². The number of carbonyl (C=O) groups is 1. The van der Waals surface area contributed by atoms with E-state index in [0.29, 0.717) is 28.9 Å². The maximum atomic E-state index is 12.8. The van der Waals surface area contributed by atoms with Gasteiger partial charge in [-0.05, 0) is 24.1 Å². The maximum Gasteiger partial charge on any atom is 0.275 e. The Labute approximate surface area is 167 Å². The normalized spacial score (nSPS) is 11.3. The SMILES string of the molecule is CC(C)Cn1ncc(Cl)c1C(=O)Nc1ccc2nc(-c3ccccc3)[nH]c2c1. The van der Waals surface area contributed by atoms with Crippen LogP contribution in [0.15, 0.2) is 54.7 Å². The minimum atomic E-state index is -0.287. The van der Waals surface area contributed by atoms with Gasteiger partial charge in [-0.15, -0.1) is 0 Å². The molecule has 0 spiro atoms. The Morgan fingerprint density at radius 1 is 1.21 bits per heavy atom. The van der Waals surface area contributed by atoms with Gasteiger partial charge in [-0.1, -0.05) is 55.8 Å². The highest BCUT2D eigenvalue weighted by Gasteiger charge is 2.18. The molecule has 2 aromatic carbocycles. The summed E-state index contributed by atoms with van der Waals surface area (Å²) in [6, 6.07) is 15.5. The lowest BCUT2D eigenvalue weighted by molar-refractivity contribution is 0.101. The molecule has 0 unspecified atom stereocenters. The predicted molar refractivity (Wildman–Crippen MR) is 112 cm³/mol. The van der Waals surface area contributed by atoms with E-state index in [9.17, 15) is 4.79 Å². The number of nitrogens with one attached hydrogen (secondary N) is 2. The van der Waals surface area contributed by atoms with E-state index in [4.69, 9.17) is 11.6 Å². The van der Waals surface area contributed by atoms with Crippen molar-refractivity contribution in [3.63, 3.8) is 0 Å². The highest BCUT2D eigenvalue weighted by molar-refractivity contribution is 6.34. The highest BCUT2D eigenvalue weighted by Crippen LogP contribution is 2.24. The standard InChI is InChI=1S/C21H20ClN5O/c1-13(2)12-27-19(16(22)11-23-27)21(28)24-15-8-9-17-18(10-15)26-20(25-17)14-6-4-3-5-7-14/h3-11,13H,12H2,1-2H3,(H,24,28)(H,25,26). The Hall–Kier alpha value is -3.12. The molecule has 142 valence electrons. The third-order valence-corrected chi connectivity index (χ3v) is 4.61. The summed E-state index contributed by atoms with van der Waals surface area (Å²) in [4.78, 5) is 20.7. The summed E-state index contributed by atoms with van der Waals surface area (Å²) in [6.45, 7) is 4.75. The fraction of sp³-hybridized carbons (Fsp3) is 0.190. The van der Waals surface area contributed by atoms with Crippen LogP contribution < -0.4 is 5.32 Å². The quantitative estimate of drug-likeness (QED) is 0.501. The molecule has 1 amide bonds. The van der Waals surface area contributed by atoms with E-state index < -0.39 is 0 Å². The highest BCUT2D eigenvalue weighted by atomic mass is 35.5. The molecule has 6 nitrogen and oxygen atoms in total. The van der Waals surface area contributed by atoms with Gasteiger partial charge in [-0.2, -0.15) is 5.10 Å². The van der Waals surface area contributed by atoms with Crippen molar-refractivity contribution < 1.29 is 4.79 Å². The molecule has 2 N–H and O–H groups in total. The molecule has 28 heavy (non-hydrogen) atoms. The Balaban J connectivity index is 1.60. The molecule has 0 fully saturated rings. The monoisotopic (exact) mass is 393 g/mol. The van der Waals surface area contributed by atoms with Crippen LogP contribution in [0.2, 0.25) is 5.02 Å². The molecule has 0 saturated carbocycles. The number of imidazole rings is 1. The van der Waals surface area contributed by atoms with Crippen LogP contribution >= 0.6 is 11.6 Å². The lowest BCUT2D eigenvalue weighted by atomic mass is 10.2. The molecule has 4 aromatic rings. The Morgan fingerprint density at radius 2 is 2.00 bits per heavy atom. The van der Waals surface area contributed by atoms with Crippen LogP contribution in [0.25, 0.3) is 22.4 Å². The third-order valence-electron chi connectivity index (χ3n) is 4.33. The molecule has 0 aliphatic heterocycles. The molecule has 0 saturated heterocycles. The second kappa shape index (κ2) is 7.48. The van der Waals surface area contributed by atoms with Gasteiger partial charge in [-0.25, -0.2) is 4.98 Å². The first kappa shape index (κ1) is 18.3. The van der Waals surface area contributed by atoms with E-state index in [2.05, 4.69) is 34.2 Å². The number of aromatic nitrogens is 4. The number of anilines is 1. The van der Waals surface area contributed by atoms with Crippen molar-refractivity contribution in [1.82, 2.24) is 19.7 Å². The van der Waals surface area contributed by atoms with Crippen molar-refractivity contribution in [2.75, 3.05) is 5.32 Å². The van der Waals surface area contributed by atoms with Crippen molar-refractivity contribution in [3.05, 3.63) is 65.4 Å². The number of benzene rings is 2. The van der Waals surface area contributed by atoms with Gasteiger partial charge < -0.3 is 10.3 Å². The van der Waals surface area contributed by atoms with Crippen LogP contribution in [0, 0.1) is 5.92 Å². The van der Waals surface area contributed by atoms with Gasteiger partial charge in [0.25, 0.3) is 5.91 Å². The Bertz CT molecular complexity index is 1130. The van der Waals surface area contributed by atoms with Crippen molar-refractivity contribution >= 4 is 34.2 Å². The maximum absolute atomic E-state index is 12.8. The molecular formula is C21H20ClN5O. The van der Waals surface area contributed by atoms with E-state index in [-0.39, 0.29) is 5.91 Å². The van der Waals surface area contributed by atoms with Crippen molar-refractivity contribution in [2.45, 2.75) is 20.4 Å². The fourth-order valence-corrected chi connectivity index (χ4v) is 3.31. The van der Waals surface area contributed by atoms with Gasteiger partial charge in [0.05, 0.1) is 22.3 Å². The second-order valence-corrected chi connectivity index (χ2v) is 7.46. The topological polar surface area (TPSA) is 75.6 Å². The van der Waals surface area contributed by atoms with Gasteiger partial charge in [0.2, 0.25) is 0 Å². The van der Waals surface area contributed by atoms with Crippen LogP contribution in [0.3, 0.4) is 0 Å². The van der Waals surface area contributed by atoms with Crippen molar-refractivity contribution in [3.8, 4) is 11.4 Å². The largest absolute Gasteiger partial charge is 0.338 e. The summed E-state index contributed by atoms with van der Waals surface area (Å²) in [5, 5.41) is 7.46. The van der Waals surface area contributed by atoms with Crippen LogP contribution in [-0.2, 0) is 6.54 Å². The number of fused-ring (bicyclic) bond motifs is 1. The summed E-state index contributed by atoms with van der Waals surface area (Å²) in [6.07, 6.45) is 1.50. The summed E-state index contributed by atoms with van der Waals surface area (Å²) in [5.74, 6) is 0.850. The lowest BCUT2D eigenvalue weighted by Crippen LogP contribution is -2.19. The average molecular weight is 394 g/mol. The number of carbonyl (C=O) groups excluding carboxylic acids is 1. The first-order valence-electron chi connectivity index (χ1n) is 9.09. The number of halogens is 1. The van der Waals surface area contributed by atoms with Gasteiger partial charge in [0, 0.05) is 17.8 Å². The van der Waals surface area contributed by atoms with Crippen LogP contribution in [0.1, 0.15) is 24.3 Å². The molecule has 4 rings (SSSR count). The third kappa shape index (κ3) is 3.64. The first-order valence-corrected chi connectivity index (χ1v) is 9.47. The lowest BCUT2D eigenvalue weighted by Gasteiger charge is -2.10. The molecule has 0 atom stereocenters. The molecule has 2 aromatic heterocycles. The fourth-order valence-electron chi connectivity index (χ4n) is 3.08. The zero-order valence-electron chi connectivity index (χ0n) is 15.6. The summed E-state index contributed by atoms with van der Waals surface area (Å²) in [5.41, 5.74) is 3.71. The first-order chi connectivity index (χ1) is 13.5. The van der Waals surface area contributed by atoms with Crippen molar-refractivity contribution in [2.24, 2.45) is 5.92 Å². The molecule has 0 aliphatic rings. The number of amides is 1. The summed E-state index contributed by atoms with van der Waals surface area (Å²) >= 11 is 6.20. The van der Waals surface area contributed by atoms with E-state index in [1.165, 1.54) is 6.20 Å². The van der Waals surface area contributed by atoms with Gasteiger partial charge in [-0.3, -0.25) is 9.48 Å². The minimum Gasteiger partial charge on any atom is -0.338 e. The number of rotatable bonds is 5. The van der Waals surface area contributed by atoms with E-state index >= 15 is 0 Å². The molecule has 0 radical (unpaired) electrons. The summed E-state index contributed by atoms with van der Waals surface area (Å²) < 4.78 is 1.64. The number of hydrogen-bond donors (Lipinski definition) is 2. The second-order valence-electron chi connectivity index (χ2n) is 7.05. The molecule has 2 heterocycles. The van der Waals surface area contributed by atoms with Crippen molar-refractivity contribution in [1.29, 1.82) is 0 Å². The molecular weight excluding hydrogens is 374 g/mol. The van der Waals surface area contributed by atoms with Crippen LogP contribution in [0.4, 0.5) is 5.69 Å². The molecule has 7 heteroatoms. The van der Waals surface area contributed by atoms with E-state index in [1.807, 2.05) is 48.5 Å². The number of H-pyrrole nitrogens is 1. The average Bonchev–Trinajstić information content (AvgIpc) is 3.25. The molecule has 0 aliphatic carbocycles. The smallest absolute Gasteiger partial charge is 0.275 e. The van der Waals surface area contributed by atoms with Crippen LogP contribution in [0.5, 0.6) is 0 Å². The number of nitrogens with zero attached hydrogens (tertiary/aromatic N) is 3. The van der Waals surface area contributed by atoms with E-state index in [1.54, 1.807) is 4.68 Å². The van der Waals surface area contributed by atoms with Gasteiger partial charge in [0.15, 0.2) is 0 Å². The van der Waals surface area contributed by atoms with Gasteiger partial charge >= 0.3 is 0 Å². The Morgan fingerprint density at radius 3 is 2.75 bits per heavy atom. The zero-order chi connectivity index (χ0) is 19.7. The number of aromatic amines is 1. The summed E-state index contributed by atoms with van der Waals surface area (Å²) in [7, 11) is 0. The Kier molecular flexibility index (Phi) is 4.88. The molecule has 0 bridgehead atoms. The van der Waals surface area contributed by atoms with Crippen LogP contribution in [-0.4, -0.2) is 25.7 Å². The zero-order valence-corrected chi connectivity index (χ0v) is 16.4. The minimum absolute atomic E-state index is 0.287. The van der Waals surface area contributed by atoms with E-state index in [0.717, 1.165) is 22.4 Å².